The summed E-state index contributed by atoms with van der Waals surface area (Å²) in [6, 6.07) is 0. The van der Waals surface area contributed by atoms with Crippen molar-refractivity contribution in [2.24, 2.45) is 0 Å². The Kier molecular flexibility index (Phi) is 53.8. The molecule has 0 radical (unpaired) electrons. The fourth-order valence-electron chi connectivity index (χ4n) is 8.35. The molecule has 0 aromatic carbocycles. The molecule has 0 bridgehead atoms. The minimum Gasteiger partial charge on any atom is -0.462 e. The second-order valence-corrected chi connectivity index (χ2v) is 19.5. The van der Waals surface area contributed by atoms with Crippen molar-refractivity contribution >= 4 is 17.9 Å². The Morgan fingerprint density at radius 2 is 0.537 bits per heavy atom. The van der Waals surface area contributed by atoms with Crippen LogP contribution in [0.5, 0.6) is 0 Å². The second kappa shape index (κ2) is 56.0. The molecule has 0 aromatic rings. The summed E-state index contributed by atoms with van der Waals surface area (Å²) in [7, 11) is 0. The number of allylic oxidation sites excluding steroid dienone is 8. The first-order valence-electron chi connectivity index (χ1n) is 29.1. The van der Waals surface area contributed by atoms with Crippen molar-refractivity contribution in [1.29, 1.82) is 0 Å². The lowest BCUT2D eigenvalue weighted by Crippen LogP contribution is -2.30. The maximum atomic E-state index is 12.8. The Bertz CT molecular complexity index is 1170. The van der Waals surface area contributed by atoms with Crippen LogP contribution in [0.4, 0.5) is 0 Å². The zero-order valence-electron chi connectivity index (χ0n) is 44.7. The molecule has 6 heteroatoms. The van der Waals surface area contributed by atoms with Crippen molar-refractivity contribution in [3.8, 4) is 0 Å². The minimum absolute atomic E-state index is 0.0811. The van der Waals surface area contributed by atoms with Crippen LogP contribution < -0.4 is 0 Å². The predicted molar refractivity (Wildman–Crippen MR) is 289 cm³/mol. The van der Waals surface area contributed by atoms with Gasteiger partial charge in [0.25, 0.3) is 0 Å². The molecule has 0 spiro atoms. The van der Waals surface area contributed by atoms with E-state index in [-0.39, 0.29) is 31.1 Å². The highest BCUT2D eigenvalue weighted by atomic mass is 16.6. The molecule has 0 aromatic heterocycles. The van der Waals surface area contributed by atoms with Crippen LogP contribution in [0.25, 0.3) is 0 Å². The topological polar surface area (TPSA) is 78.9 Å². The number of hydrogen-bond donors (Lipinski definition) is 0. The third-order valence-corrected chi connectivity index (χ3v) is 12.8. The first-order valence-corrected chi connectivity index (χ1v) is 29.1. The maximum Gasteiger partial charge on any atom is 0.306 e. The summed E-state index contributed by atoms with van der Waals surface area (Å²) < 4.78 is 16.8. The Labute approximate surface area is 416 Å². The van der Waals surface area contributed by atoms with Gasteiger partial charge in [0.05, 0.1) is 0 Å². The largest absolute Gasteiger partial charge is 0.462 e. The van der Waals surface area contributed by atoms with Gasteiger partial charge in [0.1, 0.15) is 13.2 Å². The van der Waals surface area contributed by atoms with Gasteiger partial charge in [-0.3, -0.25) is 14.4 Å². The molecule has 1 unspecified atom stereocenters. The molecule has 0 fully saturated rings. The summed E-state index contributed by atoms with van der Waals surface area (Å²) in [4.78, 5) is 38.1. The Morgan fingerprint density at radius 3 is 0.881 bits per heavy atom. The molecule has 1 atom stereocenters. The van der Waals surface area contributed by atoms with E-state index in [0.29, 0.717) is 19.3 Å². The third kappa shape index (κ3) is 54.2. The van der Waals surface area contributed by atoms with Gasteiger partial charge >= 0.3 is 17.9 Å². The summed E-state index contributed by atoms with van der Waals surface area (Å²) >= 11 is 0. The Balaban J connectivity index is 4.33. The van der Waals surface area contributed by atoms with Gasteiger partial charge in [-0.25, -0.2) is 0 Å². The quantitative estimate of drug-likeness (QED) is 0.0262. The normalized spacial score (nSPS) is 12.3. The van der Waals surface area contributed by atoms with E-state index in [2.05, 4.69) is 69.4 Å². The number of rotatable bonds is 53. The Hall–Kier alpha value is -2.63. The van der Waals surface area contributed by atoms with Gasteiger partial charge in [0.2, 0.25) is 0 Å². The molecule has 0 heterocycles. The van der Waals surface area contributed by atoms with Crippen molar-refractivity contribution in [2.75, 3.05) is 13.2 Å². The van der Waals surface area contributed by atoms with E-state index in [1.807, 2.05) is 0 Å². The summed E-state index contributed by atoms with van der Waals surface area (Å²) in [6.07, 6.45) is 68.2. The number of carbonyl (C=O) groups excluding carboxylic acids is 3. The van der Waals surface area contributed by atoms with E-state index in [1.165, 1.54) is 173 Å². The molecule has 0 amide bonds. The van der Waals surface area contributed by atoms with Gasteiger partial charge in [-0.15, -0.1) is 0 Å². The average Bonchev–Trinajstić information content (AvgIpc) is 3.33. The monoisotopic (exact) mass is 939 g/mol. The standard InChI is InChI=1S/C61H110O6/c1-4-7-10-13-16-19-22-25-27-28-29-30-31-32-34-36-39-42-45-48-51-54-60(63)66-57-58(56-65-59(62)53-50-47-44-41-38-35-24-21-18-15-12-9-6-3)67-61(64)55-52-49-46-43-40-37-33-26-23-20-17-14-11-8-5-2/h17,20-21,24,26,28-29,33,58H,4-16,18-19,22-23,25,27,30-32,34-57H2,1-3H3/b20-17-,24-21-,29-28-,33-26-. The molecular weight excluding hydrogens is 829 g/mol. The van der Waals surface area contributed by atoms with Crippen molar-refractivity contribution < 1.29 is 28.6 Å². The van der Waals surface area contributed by atoms with Gasteiger partial charge in [-0.2, -0.15) is 0 Å². The zero-order chi connectivity index (χ0) is 48.6. The van der Waals surface area contributed by atoms with Gasteiger partial charge in [0, 0.05) is 19.3 Å². The molecule has 0 aliphatic carbocycles. The van der Waals surface area contributed by atoms with Crippen LogP contribution in [0, 0.1) is 0 Å². The molecule has 0 aliphatic heterocycles. The van der Waals surface area contributed by atoms with Crippen LogP contribution in [0.3, 0.4) is 0 Å². The average molecular weight is 940 g/mol. The summed E-state index contributed by atoms with van der Waals surface area (Å²) in [5.74, 6) is -0.894. The zero-order valence-corrected chi connectivity index (χ0v) is 44.7. The van der Waals surface area contributed by atoms with Gasteiger partial charge < -0.3 is 14.2 Å². The number of hydrogen-bond acceptors (Lipinski definition) is 6. The number of ether oxygens (including phenoxy) is 3. The molecule has 0 saturated carbocycles. The highest BCUT2D eigenvalue weighted by Crippen LogP contribution is 2.15. The van der Waals surface area contributed by atoms with E-state index in [0.717, 1.165) is 89.9 Å². The lowest BCUT2D eigenvalue weighted by atomic mass is 10.1. The first-order chi connectivity index (χ1) is 33.0. The fourth-order valence-corrected chi connectivity index (χ4v) is 8.35. The van der Waals surface area contributed by atoms with Crippen molar-refractivity contribution in [2.45, 2.75) is 309 Å². The molecule has 0 rings (SSSR count). The van der Waals surface area contributed by atoms with Gasteiger partial charge in [-0.1, -0.05) is 230 Å². The predicted octanol–water partition coefficient (Wildman–Crippen LogP) is 19.4. The molecule has 67 heavy (non-hydrogen) atoms. The molecule has 0 aliphatic rings. The first kappa shape index (κ1) is 64.4. The summed E-state index contributed by atoms with van der Waals surface area (Å²) in [5, 5.41) is 0. The third-order valence-electron chi connectivity index (χ3n) is 12.8. The van der Waals surface area contributed by atoms with Gasteiger partial charge in [-0.05, 0) is 103 Å². The van der Waals surface area contributed by atoms with Crippen LogP contribution >= 0.6 is 0 Å². The lowest BCUT2D eigenvalue weighted by molar-refractivity contribution is -0.167. The van der Waals surface area contributed by atoms with Crippen LogP contribution in [0.15, 0.2) is 48.6 Å². The van der Waals surface area contributed by atoms with Crippen LogP contribution in [-0.2, 0) is 28.6 Å². The summed E-state index contributed by atoms with van der Waals surface area (Å²) in [5.41, 5.74) is 0. The number of carbonyl (C=O) groups is 3. The van der Waals surface area contributed by atoms with Crippen LogP contribution in [-0.4, -0.2) is 37.2 Å². The Morgan fingerprint density at radius 1 is 0.299 bits per heavy atom. The van der Waals surface area contributed by atoms with E-state index in [9.17, 15) is 14.4 Å². The molecule has 0 saturated heterocycles. The molecule has 6 nitrogen and oxygen atoms in total. The van der Waals surface area contributed by atoms with E-state index >= 15 is 0 Å². The summed E-state index contributed by atoms with van der Waals surface area (Å²) in [6.45, 7) is 6.61. The number of esters is 3. The van der Waals surface area contributed by atoms with E-state index in [1.54, 1.807) is 0 Å². The maximum absolute atomic E-state index is 12.8. The van der Waals surface area contributed by atoms with E-state index in [4.69, 9.17) is 14.2 Å². The number of unbranched alkanes of at least 4 members (excludes halogenated alkanes) is 34. The van der Waals surface area contributed by atoms with Crippen LogP contribution in [0.2, 0.25) is 0 Å². The molecule has 0 N–H and O–H groups in total. The van der Waals surface area contributed by atoms with Crippen molar-refractivity contribution in [3.63, 3.8) is 0 Å². The van der Waals surface area contributed by atoms with Crippen LogP contribution in [0.1, 0.15) is 303 Å². The second-order valence-electron chi connectivity index (χ2n) is 19.5. The highest BCUT2D eigenvalue weighted by molar-refractivity contribution is 5.71. The fraction of sp³-hybridized carbons (Fsp3) is 0.820. The molecule has 390 valence electrons. The molecular formula is C61H110O6. The minimum atomic E-state index is -0.784. The van der Waals surface area contributed by atoms with Gasteiger partial charge in [0.15, 0.2) is 6.10 Å². The SMILES string of the molecule is CCCCC/C=C\C/C=C\CCCCCCCC(=O)OC(COC(=O)CCCCCCC/C=C\CCCCCC)COC(=O)CCCCCCCCCCC/C=C\CCCCCCCCCC. The lowest BCUT2D eigenvalue weighted by Gasteiger charge is -2.18. The smallest absolute Gasteiger partial charge is 0.306 e. The van der Waals surface area contributed by atoms with E-state index < -0.39 is 6.10 Å². The van der Waals surface area contributed by atoms with Crippen molar-refractivity contribution in [3.05, 3.63) is 48.6 Å². The van der Waals surface area contributed by atoms with Crippen molar-refractivity contribution in [1.82, 2.24) is 0 Å². The highest BCUT2D eigenvalue weighted by Gasteiger charge is 2.19.